The van der Waals surface area contributed by atoms with Crippen LogP contribution < -0.4 is 15.2 Å². The van der Waals surface area contributed by atoms with Crippen molar-refractivity contribution in [1.82, 2.24) is 15.0 Å². The number of aromatic nitrogens is 3. The summed E-state index contributed by atoms with van der Waals surface area (Å²) in [6.07, 6.45) is 9.71. The molecule has 0 unspecified atom stereocenters. The molecule has 2 saturated heterocycles. The lowest BCUT2D eigenvalue weighted by atomic mass is 10.1. The maximum Gasteiger partial charge on any atom is 0.250 e. The molecule has 0 spiro atoms. The minimum Gasteiger partial charge on any atom is -0.341 e. The van der Waals surface area contributed by atoms with Crippen molar-refractivity contribution in [3.8, 4) is 0 Å². The Morgan fingerprint density at radius 3 is 1.84 bits per heavy atom. The van der Waals surface area contributed by atoms with Crippen molar-refractivity contribution in [3.05, 3.63) is 33.8 Å². The van der Waals surface area contributed by atoms with Crippen LogP contribution in [0.1, 0.15) is 63.9 Å². The van der Waals surface area contributed by atoms with E-state index in [0.717, 1.165) is 49.4 Å². The SMILES string of the molecule is C/C(=N/Nc1nc(N2CCCCCC2)nc(N2CCCCCC2)n1)c1ccc(Cl)cc1Cl. The highest BCUT2D eigenvalue weighted by Gasteiger charge is 2.19. The van der Waals surface area contributed by atoms with Gasteiger partial charge in [-0.3, -0.25) is 0 Å². The zero-order valence-corrected chi connectivity index (χ0v) is 20.2. The minimum atomic E-state index is 0.461. The number of hydrazone groups is 1. The number of hydrogen-bond donors (Lipinski definition) is 1. The Hall–Kier alpha value is -2.12. The molecule has 1 aromatic heterocycles. The first-order valence-corrected chi connectivity index (χ1v) is 12.4. The third-order valence-electron chi connectivity index (χ3n) is 6.03. The van der Waals surface area contributed by atoms with Gasteiger partial charge in [-0.15, -0.1) is 0 Å². The fourth-order valence-electron chi connectivity index (χ4n) is 4.21. The summed E-state index contributed by atoms with van der Waals surface area (Å²) < 4.78 is 0. The van der Waals surface area contributed by atoms with Crippen molar-refractivity contribution >= 4 is 46.8 Å². The Bertz CT molecular complexity index is 896. The minimum absolute atomic E-state index is 0.461. The van der Waals surface area contributed by atoms with E-state index in [1.165, 1.54) is 51.4 Å². The van der Waals surface area contributed by atoms with Gasteiger partial charge in [-0.1, -0.05) is 55.0 Å². The molecular weight excluding hydrogens is 445 g/mol. The van der Waals surface area contributed by atoms with E-state index in [1.54, 1.807) is 12.1 Å². The standard InChI is InChI=1S/C23H31Cl2N7/c1-17(19-11-10-18(24)16-20(19)25)29-30-21-26-22(31-12-6-2-3-7-13-31)28-23(27-21)32-14-8-4-5-9-15-32/h10-11,16H,2-9,12-15H2,1H3,(H,26,27,28,30)/b29-17-. The number of rotatable bonds is 5. The van der Waals surface area contributed by atoms with E-state index in [-0.39, 0.29) is 0 Å². The van der Waals surface area contributed by atoms with Crippen LogP contribution in [0.3, 0.4) is 0 Å². The van der Waals surface area contributed by atoms with E-state index in [0.29, 0.717) is 16.0 Å². The highest BCUT2D eigenvalue weighted by molar-refractivity contribution is 6.37. The Morgan fingerprint density at radius 2 is 1.34 bits per heavy atom. The zero-order valence-electron chi connectivity index (χ0n) is 18.7. The van der Waals surface area contributed by atoms with Crippen molar-refractivity contribution < 1.29 is 0 Å². The molecule has 0 saturated carbocycles. The van der Waals surface area contributed by atoms with Crippen LogP contribution in [0.4, 0.5) is 17.8 Å². The van der Waals surface area contributed by atoms with Crippen LogP contribution >= 0.6 is 23.2 Å². The summed E-state index contributed by atoms with van der Waals surface area (Å²) in [6, 6.07) is 5.39. The maximum absolute atomic E-state index is 6.34. The van der Waals surface area contributed by atoms with E-state index in [9.17, 15) is 0 Å². The van der Waals surface area contributed by atoms with E-state index >= 15 is 0 Å². The molecule has 7 nitrogen and oxygen atoms in total. The molecule has 2 aromatic rings. The summed E-state index contributed by atoms with van der Waals surface area (Å²) in [4.78, 5) is 18.9. The molecule has 2 aliphatic rings. The predicted octanol–water partition coefficient (Wildman–Crippen LogP) is 5.78. The topological polar surface area (TPSA) is 69.5 Å². The summed E-state index contributed by atoms with van der Waals surface area (Å²) in [5.74, 6) is 1.94. The van der Waals surface area contributed by atoms with Gasteiger partial charge in [0.25, 0.3) is 0 Å². The van der Waals surface area contributed by atoms with Crippen LogP contribution in [0.15, 0.2) is 23.3 Å². The van der Waals surface area contributed by atoms with Gasteiger partial charge in [0.05, 0.1) is 10.7 Å². The normalized spacial score (nSPS) is 18.3. The number of anilines is 3. The third kappa shape index (κ3) is 6.01. The van der Waals surface area contributed by atoms with E-state index < -0.39 is 0 Å². The van der Waals surface area contributed by atoms with Crippen molar-refractivity contribution in [2.75, 3.05) is 41.4 Å². The molecule has 4 rings (SSSR count). The predicted molar refractivity (Wildman–Crippen MR) is 133 cm³/mol. The van der Waals surface area contributed by atoms with Crippen LogP contribution in [0.25, 0.3) is 0 Å². The Labute approximate surface area is 200 Å². The lowest BCUT2D eigenvalue weighted by molar-refractivity contribution is 0.726. The molecule has 0 aliphatic carbocycles. The summed E-state index contributed by atoms with van der Waals surface area (Å²) in [6.45, 7) is 5.81. The monoisotopic (exact) mass is 475 g/mol. The molecule has 1 N–H and O–H groups in total. The summed E-state index contributed by atoms with van der Waals surface area (Å²) >= 11 is 12.4. The lowest BCUT2D eigenvalue weighted by Crippen LogP contribution is -2.30. The van der Waals surface area contributed by atoms with E-state index in [4.69, 9.17) is 38.2 Å². The fourth-order valence-corrected chi connectivity index (χ4v) is 4.75. The van der Waals surface area contributed by atoms with Crippen LogP contribution in [0.5, 0.6) is 0 Å². The molecule has 0 amide bonds. The van der Waals surface area contributed by atoms with Gasteiger partial charge in [-0.25, -0.2) is 5.43 Å². The molecule has 0 bridgehead atoms. The fraction of sp³-hybridized carbons (Fsp3) is 0.565. The van der Waals surface area contributed by atoms with Gasteiger partial charge in [0.2, 0.25) is 17.8 Å². The zero-order chi connectivity index (χ0) is 22.3. The van der Waals surface area contributed by atoms with Gasteiger partial charge in [-0.2, -0.15) is 20.1 Å². The highest BCUT2D eigenvalue weighted by atomic mass is 35.5. The Morgan fingerprint density at radius 1 is 0.812 bits per heavy atom. The van der Waals surface area contributed by atoms with Gasteiger partial charge in [0, 0.05) is 36.8 Å². The van der Waals surface area contributed by atoms with Crippen LogP contribution in [0, 0.1) is 0 Å². The average Bonchev–Trinajstić information content (AvgIpc) is 3.23. The molecule has 3 heterocycles. The molecule has 2 aliphatic heterocycles. The quantitative estimate of drug-likeness (QED) is 0.436. The van der Waals surface area contributed by atoms with Crippen molar-refractivity contribution in [1.29, 1.82) is 0 Å². The van der Waals surface area contributed by atoms with Crippen molar-refractivity contribution in [2.45, 2.75) is 58.3 Å². The second-order valence-electron chi connectivity index (χ2n) is 8.49. The van der Waals surface area contributed by atoms with Crippen LogP contribution in [-0.2, 0) is 0 Å². The van der Waals surface area contributed by atoms with Crippen molar-refractivity contribution in [2.24, 2.45) is 5.10 Å². The van der Waals surface area contributed by atoms with Gasteiger partial charge in [0.15, 0.2) is 0 Å². The summed E-state index contributed by atoms with van der Waals surface area (Å²) in [5.41, 5.74) is 4.61. The average molecular weight is 476 g/mol. The highest BCUT2D eigenvalue weighted by Crippen LogP contribution is 2.24. The first-order chi connectivity index (χ1) is 15.6. The second kappa shape index (κ2) is 11.1. The van der Waals surface area contributed by atoms with Crippen molar-refractivity contribution in [3.63, 3.8) is 0 Å². The summed E-state index contributed by atoms with van der Waals surface area (Å²) in [5, 5.41) is 5.67. The maximum atomic E-state index is 6.34. The molecule has 9 heteroatoms. The second-order valence-corrected chi connectivity index (χ2v) is 9.34. The Kier molecular flexibility index (Phi) is 8.03. The molecule has 32 heavy (non-hydrogen) atoms. The number of halogens is 2. The first kappa shape index (κ1) is 23.1. The van der Waals surface area contributed by atoms with Gasteiger partial charge >= 0.3 is 0 Å². The van der Waals surface area contributed by atoms with Gasteiger partial charge in [-0.05, 0) is 44.7 Å². The first-order valence-electron chi connectivity index (χ1n) is 11.6. The summed E-state index contributed by atoms with van der Waals surface area (Å²) in [7, 11) is 0. The largest absolute Gasteiger partial charge is 0.341 e. The van der Waals surface area contributed by atoms with E-state index in [2.05, 4.69) is 20.3 Å². The Balaban J connectivity index is 1.61. The van der Waals surface area contributed by atoms with E-state index in [1.807, 2.05) is 13.0 Å². The molecule has 172 valence electrons. The number of nitrogens with zero attached hydrogens (tertiary/aromatic N) is 6. The lowest BCUT2D eigenvalue weighted by Gasteiger charge is -2.24. The molecular formula is C23H31Cl2N7. The smallest absolute Gasteiger partial charge is 0.250 e. The van der Waals surface area contributed by atoms with Crippen LogP contribution in [-0.4, -0.2) is 46.8 Å². The van der Waals surface area contributed by atoms with Crippen LogP contribution in [0.2, 0.25) is 10.0 Å². The third-order valence-corrected chi connectivity index (χ3v) is 6.58. The number of nitrogens with one attached hydrogen (secondary N) is 1. The number of hydrogen-bond acceptors (Lipinski definition) is 7. The molecule has 0 radical (unpaired) electrons. The molecule has 2 fully saturated rings. The van der Waals surface area contributed by atoms with Gasteiger partial charge < -0.3 is 9.80 Å². The molecule has 1 aromatic carbocycles. The number of benzene rings is 1. The molecule has 0 atom stereocenters. The van der Waals surface area contributed by atoms with Gasteiger partial charge in [0.1, 0.15) is 0 Å².